The van der Waals surface area contributed by atoms with E-state index in [0.29, 0.717) is 30.8 Å². The number of hydrogen-bond donors (Lipinski definition) is 1. The topological polar surface area (TPSA) is 91.4 Å². The zero-order valence-electron chi connectivity index (χ0n) is 23.5. The van der Waals surface area contributed by atoms with Gasteiger partial charge in [0, 0.05) is 30.0 Å². The number of fused-ring (bicyclic) bond motifs is 2. The average Bonchev–Trinajstić information content (AvgIpc) is 3.33. The highest BCUT2D eigenvalue weighted by Gasteiger charge is 2.50. The van der Waals surface area contributed by atoms with E-state index < -0.39 is 12.2 Å². The molecule has 4 aromatic rings. The Hall–Kier alpha value is -5.31. The van der Waals surface area contributed by atoms with Crippen molar-refractivity contribution in [1.29, 1.82) is 0 Å². The van der Waals surface area contributed by atoms with Gasteiger partial charge in [0.25, 0.3) is 5.91 Å². The third-order valence-electron chi connectivity index (χ3n) is 7.62. The average molecular weight is 577 g/mol. The molecule has 2 aliphatic rings. The van der Waals surface area contributed by atoms with Crippen molar-refractivity contribution in [3.63, 3.8) is 0 Å². The molecule has 4 aromatic carbocycles. The number of para-hydroxylation sites is 1. The van der Waals surface area contributed by atoms with Gasteiger partial charge in [0.2, 0.25) is 0 Å². The summed E-state index contributed by atoms with van der Waals surface area (Å²) < 4.78 is 11.4. The number of ether oxygens (including phenoxy) is 2. The van der Waals surface area contributed by atoms with Crippen LogP contribution in [0.15, 0.2) is 115 Å². The SMILES string of the molecule is O=C(Nc1ccccc1)c1cccc(N2CC3CC(C2)N(C(=O)OCc2ccccc2)N3C(=O)OCc2ccccc2)c1. The van der Waals surface area contributed by atoms with Crippen LogP contribution < -0.4 is 10.2 Å². The molecule has 0 radical (unpaired) electrons. The lowest BCUT2D eigenvalue weighted by atomic mass is 10.0. The number of nitrogens with zero attached hydrogens (tertiary/aromatic N) is 3. The van der Waals surface area contributed by atoms with Gasteiger partial charge in [0.05, 0.1) is 12.1 Å². The second-order valence-corrected chi connectivity index (χ2v) is 10.6. The normalized spacial score (nSPS) is 17.3. The zero-order valence-corrected chi connectivity index (χ0v) is 23.5. The van der Waals surface area contributed by atoms with Crippen molar-refractivity contribution < 1.29 is 23.9 Å². The van der Waals surface area contributed by atoms with Crippen LogP contribution in [0.1, 0.15) is 27.9 Å². The van der Waals surface area contributed by atoms with Gasteiger partial charge in [-0.2, -0.15) is 0 Å². The van der Waals surface area contributed by atoms with Crippen LogP contribution in [0, 0.1) is 0 Å². The smallest absolute Gasteiger partial charge is 0.429 e. The van der Waals surface area contributed by atoms with Crippen LogP contribution in [0.4, 0.5) is 21.0 Å². The first-order valence-corrected chi connectivity index (χ1v) is 14.3. The predicted molar refractivity (Wildman–Crippen MR) is 162 cm³/mol. The van der Waals surface area contributed by atoms with Crippen LogP contribution in [0.25, 0.3) is 0 Å². The minimum Gasteiger partial charge on any atom is -0.443 e. The van der Waals surface area contributed by atoms with Crippen molar-refractivity contribution >= 4 is 29.5 Å². The lowest BCUT2D eigenvalue weighted by Gasteiger charge is -2.32. The molecule has 0 aromatic heterocycles. The highest BCUT2D eigenvalue weighted by Crippen LogP contribution is 2.35. The number of carbonyl (C=O) groups is 3. The maximum absolute atomic E-state index is 13.5. The van der Waals surface area contributed by atoms with E-state index in [-0.39, 0.29) is 31.2 Å². The number of benzene rings is 4. The minimum absolute atomic E-state index is 0.0861. The number of carbonyl (C=O) groups excluding carboxylic acids is 3. The summed E-state index contributed by atoms with van der Waals surface area (Å²) in [5.74, 6) is -0.217. The molecule has 3 amide bonds. The van der Waals surface area contributed by atoms with E-state index in [2.05, 4.69) is 10.2 Å². The third kappa shape index (κ3) is 6.46. The first kappa shape index (κ1) is 27.8. The Morgan fingerprint density at radius 2 is 1.16 bits per heavy atom. The molecule has 2 bridgehead atoms. The monoisotopic (exact) mass is 576 g/mol. The Morgan fingerprint density at radius 1 is 0.651 bits per heavy atom. The Kier molecular flexibility index (Phi) is 8.21. The molecule has 2 heterocycles. The molecular formula is C34H32N4O5. The van der Waals surface area contributed by atoms with Crippen molar-refractivity contribution in [3.05, 3.63) is 132 Å². The van der Waals surface area contributed by atoms with Crippen molar-refractivity contribution in [2.75, 3.05) is 23.3 Å². The van der Waals surface area contributed by atoms with E-state index in [1.165, 1.54) is 10.0 Å². The van der Waals surface area contributed by atoms with E-state index in [1.807, 2.05) is 109 Å². The molecule has 2 aliphatic heterocycles. The molecule has 9 heteroatoms. The molecule has 2 fully saturated rings. The van der Waals surface area contributed by atoms with Crippen LogP contribution in [0.5, 0.6) is 0 Å². The minimum atomic E-state index is -0.606. The van der Waals surface area contributed by atoms with Crippen molar-refractivity contribution in [1.82, 2.24) is 10.0 Å². The number of amides is 3. The molecule has 0 aliphatic carbocycles. The number of hydrogen-bond acceptors (Lipinski definition) is 6. The first-order valence-electron chi connectivity index (χ1n) is 14.3. The number of hydrazine groups is 1. The Labute approximate surface area is 250 Å². The fourth-order valence-corrected chi connectivity index (χ4v) is 5.58. The van der Waals surface area contributed by atoms with E-state index >= 15 is 0 Å². The van der Waals surface area contributed by atoms with Gasteiger partial charge in [-0.15, -0.1) is 0 Å². The molecule has 2 unspecified atom stereocenters. The Bertz CT molecular complexity index is 1500. The van der Waals surface area contributed by atoms with Gasteiger partial charge in [-0.3, -0.25) is 4.79 Å². The second-order valence-electron chi connectivity index (χ2n) is 10.6. The molecule has 9 nitrogen and oxygen atoms in total. The number of nitrogens with one attached hydrogen (secondary N) is 1. The summed E-state index contributed by atoms with van der Waals surface area (Å²) in [4.78, 5) is 42.1. The lowest BCUT2D eigenvalue weighted by molar-refractivity contribution is -0.0199. The highest BCUT2D eigenvalue weighted by molar-refractivity contribution is 6.04. The lowest BCUT2D eigenvalue weighted by Crippen LogP contribution is -2.50. The quantitative estimate of drug-likeness (QED) is 0.286. The second kappa shape index (κ2) is 12.7. The maximum Gasteiger partial charge on any atom is 0.429 e. The Morgan fingerprint density at radius 3 is 1.70 bits per heavy atom. The fraction of sp³-hybridized carbons (Fsp3) is 0.206. The molecular weight excluding hydrogens is 544 g/mol. The molecule has 0 saturated carbocycles. The predicted octanol–water partition coefficient (Wildman–Crippen LogP) is 6.09. The third-order valence-corrected chi connectivity index (χ3v) is 7.62. The van der Waals surface area contributed by atoms with Gasteiger partial charge in [-0.05, 0) is 47.9 Å². The summed E-state index contributed by atoms with van der Waals surface area (Å²) in [6.45, 7) is 1.10. The maximum atomic E-state index is 13.5. The van der Waals surface area contributed by atoms with Crippen molar-refractivity contribution in [3.8, 4) is 0 Å². The Balaban J connectivity index is 1.20. The number of anilines is 2. The van der Waals surface area contributed by atoms with E-state index in [1.54, 1.807) is 6.07 Å². The van der Waals surface area contributed by atoms with Crippen molar-refractivity contribution in [2.45, 2.75) is 31.7 Å². The van der Waals surface area contributed by atoms with Gasteiger partial charge in [-0.1, -0.05) is 84.9 Å². The largest absolute Gasteiger partial charge is 0.443 e. The van der Waals surface area contributed by atoms with Crippen molar-refractivity contribution in [2.24, 2.45) is 0 Å². The molecule has 1 N–H and O–H groups in total. The van der Waals surface area contributed by atoms with Gasteiger partial charge in [-0.25, -0.2) is 19.6 Å². The number of rotatable bonds is 7. The fourth-order valence-electron chi connectivity index (χ4n) is 5.58. The summed E-state index contributed by atoms with van der Waals surface area (Å²) >= 11 is 0. The summed E-state index contributed by atoms with van der Waals surface area (Å²) in [5.41, 5.74) is 3.75. The van der Waals surface area contributed by atoms with Crippen LogP contribution in [-0.2, 0) is 22.7 Å². The van der Waals surface area contributed by atoms with Gasteiger partial charge in [0.15, 0.2) is 0 Å². The van der Waals surface area contributed by atoms with E-state index in [4.69, 9.17) is 9.47 Å². The highest BCUT2D eigenvalue weighted by atomic mass is 16.6. The molecule has 43 heavy (non-hydrogen) atoms. The van der Waals surface area contributed by atoms with E-state index in [0.717, 1.165) is 16.8 Å². The van der Waals surface area contributed by atoms with E-state index in [9.17, 15) is 14.4 Å². The molecule has 6 rings (SSSR count). The van der Waals surface area contributed by atoms with Gasteiger partial charge < -0.3 is 19.7 Å². The van der Waals surface area contributed by atoms with Gasteiger partial charge >= 0.3 is 12.2 Å². The van der Waals surface area contributed by atoms with Crippen LogP contribution in [0.3, 0.4) is 0 Å². The van der Waals surface area contributed by atoms with Crippen LogP contribution in [-0.4, -0.2) is 53.3 Å². The van der Waals surface area contributed by atoms with Gasteiger partial charge in [0.1, 0.15) is 13.2 Å². The zero-order chi connectivity index (χ0) is 29.6. The molecule has 0 spiro atoms. The van der Waals surface area contributed by atoms with Crippen LogP contribution in [0.2, 0.25) is 0 Å². The number of piperidine rings is 1. The molecule has 2 atom stereocenters. The summed E-state index contributed by atoms with van der Waals surface area (Å²) in [6, 6.07) is 34.8. The standard InChI is InChI=1S/C34H32N4O5/c39-32(35-28-16-8-3-9-17-28)27-15-10-18-29(19-27)36-21-30-20-31(22-36)38(34(41)43-24-26-13-6-2-7-14-26)37(30)33(40)42-23-25-11-4-1-5-12-25/h1-19,30-31H,20-24H2,(H,35,39). The first-order chi connectivity index (χ1) is 21.0. The molecule has 218 valence electrons. The summed E-state index contributed by atoms with van der Waals surface area (Å²) in [7, 11) is 0. The summed E-state index contributed by atoms with van der Waals surface area (Å²) in [5, 5.41) is 5.74. The molecule has 2 saturated heterocycles. The summed E-state index contributed by atoms with van der Waals surface area (Å²) in [6.07, 6.45) is -0.623. The van der Waals surface area contributed by atoms with Crippen LogP contribution >= 0.6 is 0 Å².